The van der Waals surface area contributed by atoms with Crippen LogP contribution in [0, 0.1) is 22.7 Å². The number of carbonyl (C=O) groups excluding carboxylic acids is 3. The lowest BCUT2D eigenvalue weighted by Gasteiger charge is -2.52. The van der Waals surface area contributed by atoms with Crippen molar-refractivity contribution in [1.82, 2.24) is 33.7 Å². The van der Waals surface area contributed by atoms with Crippen molar-refractivity contribution in [3.63, 3.8) is 0 Å². The lowest BCUT2D eigenvalue weighted by atomic mass is 9.68. The number of para-hydroxylation sites is 1. The number of nitrogens with one attached hydrogen (secondary N) is 2. The lowest BCUT2D eigenvalue weighted by molar-refractivity contribution is -0.179. The number of aromatic nitrogens is 5. The second kappa shape index (κ2) is 15.7. The molecular formula is C44H48F2N10O5. The van der Waals surface area contributed by atoms with Crippen molar-refractivity contribution in [3.8, 4) is 11.8 Å². The molecular weight excluding hydrogens is 787 g/mol. The molecule has 3 saturated heterocycles. The molecule has 1 aromatic carbocycles. The number of piperidine rings is 3. The summed E-state index contributed by atoms with van der Waals surface area (Å²) in [7, 11) is 3.18. The van der Waals surface area contributed by atoms with E-state index in [4.69, 9.17) is 9.72 Å². The number of alkyl halides is 2. The summed E-state index contributed by atoms with van der Waals surface area (Å²) in [4.78, 5) is 63.9. The van der Waals surface area contributed by atoms with Crippen LogP contribution in [0.3, 0.4) is 0 Å². The molecule has 0 bridgehead atoms. The minimum absolute atomic E-state index is 0.148. The number of nitriles is 1. The first-order valence-corrected chi connectivity index (χ1v) is 21.0. The summed E-state index contributed by atoms with van der Waals surface area (Å²) in [5.41, 5.74) is 3.18. The van der Waals surface area contributed by atoms with Crippen molar-refractivity contribution >= 4 is 45.8 Å². The number of anilines is 2. The molecule has 3 aliphatic heterocycles. The zero-order valence-electron chi connectivity index (χ0n) is 34.2. The molecule has 1 unspecified atom stereocenters. The molecule has 4 aromatic heterocycles. The van der Waals surface area contributed by atoms with E-state index < -0.39 is 29.2 Å². The van der Waals surface area contributed by atoms with Crippen molar-refractivity contribution in [3.05, 3.63) is 82.4 Å². The summed E-state index contributed by atoms with van der Waals surface area (Å²) in [5, 5.41) is 14.4. The summed E-state index contributed by atoms with van der Waals surface area (Å²) >= 11 is 0. The van der Waals surface area contributed by atoms with Crippen LogP contribution < -0.4 is 26.0 Å². The van der Waals surface area contributed by atoms with Gasteiger partial charge >= 0.3 is 5.69 Å². The maximum atomic E-state index is 16.3. The fourth-order valence-corrected chi connectivity index (χ4v) is 10.3. The first-order valence-electron chi connectivity index (χ1n) is 21.0. The van der Waals surface area contributed by atoms with Crippen LogP contribution >= 0.6 is 0 Å². The van der Waals surface area contributed by atoms with E-state index >= 15 is 8.78 Å². The van der Waals surface area contributed by atoms with Gasteiger partial charge in [-0.25, -0.2) is 18.6 Å². The van der Waals surface area contributed by atoms with Gasteiger partial charge in [0.2, 0.25) is 11.8 Å². The van der Waals surface area contributed by atoms with Crippen molar-refractivity contribution in [2.75, 3.05) is 50.1 Å². The van der Waals surface area contributed by atoms with Crippen LogP contribution in [0.4, 0.5) is 20.2 Å². The summed E-state index contributed by atoms with van der Waals surface area (Å²) in [6.45, 7) is 1.87. The topological polar surface area (TPSA) is 172 Å². The molecule has 15 nitrogen and oxygen atoms in total. The van der Waals surface area contributed by atoms with E-state index in [9.17, 15) is 24.4 Å². The molecule has 4 fully saturated rings. The number of halogens is 2. The second-order valence-electron chi connectivity index (χ2n) is 17.2. The van der Waals surface area contributed by atoms with Gasteiger partial charge in [0.15, 0.2) is 0 Å². The van der Waals surface area contributed by atoms with Crippen LogP contribution in [0.25, 0.3) is 16.7 Å². The number of fused-ring (bicyclic) bond motifs is 2. The Kier molecular flexibility index (Phi) is 10.4. The van der Waals surface area contributed by atoms with E-state index in [1.54, 1.807) is 25.4 Å². The first kappa shape index (κ1) is 40.3. The van der Waals surface area contributed by atoms with Gasteiger partial charge in [0.05, 0.1) is 47.2 Å². The minimum atomic E-state index is -2.85. The van der Waals surface area contributed by atoms with E-state index in [-0.39, 0.29) is 48.0 Å². The van der Waals surface area contributed by atoms with E-state index in [1.807, 2.05) is 33.7 Å². The zero-order valence-corrected chi connectivity index (χ0v) is 34.2. The molecule has 4 aliphatic rings. The van der Waals surface area contributed by atoms with Gasteiger partial charge < -0.3 is 19.4 Å². The quantitative estimate of drug-likeness (QED) is 0.193. The van der Waals surface area contributed by atoms with Crippen molar-refractivity contribution < 1.29 is 27.9 Å². The molecule has 5 aromatic rings. The number of imide groups is 1. The number of rotatable bonds is 8. The van der Waals surface area contributed by atoms with E-state index in [1.165, 1.54) is 34.7 Å². The summed E-state index contributed by atoms with van der Waals surface area (Å²) in [6.07, 6.45) is 11.6. The number of imidazole rings is 2. The third-order valence-corrected chi connectivity index (χ3v) is 13.7. The Morgan fingerprint density at radius 1 is 1.03 bits per heavy atom. The summed E-state index contributed by atoms with van der Waals surface area (Å²) < 4.78 is 43.1. The number of hydrogen-bond donors (Lipinski definition) is 2. The molecule has 3 amide bonds. The van der Waals surface area contributed by atoms with Gasteiger partial charge in [-0.2, -0.15) is 5.26 Å². The smallest absolute Gasteiger partial charge is 0.329 e. The number of carbonyl (C=O) groups is 3. The average Bonchev–Trinajstić information content (AvgIpc) is 3.79. The number of aryl methyl sites for hydroxylation is 1. The first-order chi connectivity index (χ1) is 29.4. The van der Waals surface area contributed by atoms with Gasteiger partial charge in [0.25, 0.3) is 11.8 Å². The fourth-order valence-electron chi connectivity index (χ4n) is 10.3. The van der Waals surface area contributed by atoms with Gasteiger partial charge in [0, 0.05) is 75.3 Å². The standard InChI is InChI=1S/C44H48F2N10O5/c1-52-39-33(4-3-5-34(39)56(42(52)60)35-10-11-38(57)51-41(35)59)54-16-13-43(14-17-54)12-15-53(26-44(43,45)46)23-27-6-8-29(9-7-27)31-24-55-25-32(36(61-2)19-37(55)49-31)50-40(58)30-18-28(20-47)21-48-22-30/h3-5,18-19,21-22,24-25,27,29,35H,6-17,23,26H2,1-2H3,(H,50,58)(H,51,57,59). The maximum absolute atomic E-state index is 16.3. The Labute approximate surface area is 350 Å². The molecule has 2 N–H and O–H groups in total. The summed E-state index contributed by atoms with van der Waals surface area (Å²) in [6, 6.07) is 9.97. The number of benzene rings is 1. The van der Waals surface area contributed by atoms with Crippen LogP contribution in [0.2, 0.25) is 0 Å². The molecule has 17 heteroatoms. The molecule has 61 heavy (non-hydrogen) atoms. The van der Waals surface area contributed by atoms with Gasteiger partial charge in [0.1, 0.15) is 29.2 Å². The Morgan fingerprint density at radius 3 is 2.52 bits per heavy atom. The number of ether oxygens (including phenoxy) is 1. The van der Waals surface area contributed by atoms with Gasteiger partial charge in [-0.3, -0.25) is 38.7 Å². The molecule has 7 heterocycles. The molecule has 1 saturated carbocycles. The molecule has 1 aliphatic carbocycles. The van der Waals surface area contributed by atoms with Crippen LogP contribution in [-0.2, 0) is 16.6 Å². The molecule has 1 atom stereocenters. The number of amides is 3. The molecule has 9 rings (SSSR count). The largest absolute Gasteiger partial charge is 0.494 e. The predicted molar refractivity (Wildman–Crippen MR) is 222 cm³/mol. The highest BCUT2D eigenvalue weighted by Gasteiger charge is 2.57. The number of likely N-dealkylation sites (tertiary alicyclic amines) is 1. The number of hydrogen-bond acceptors (Lipinski definition) is 10. The Morgan fingerprint density at radius 2 is 1.80 bits per heavy atom. The van der Waals surface area contributed by atoms with Gasteiger partial charge in [-0.05, 0) is 82.0 Å². The third-order valence-electron chi connectivity index (χ3n) is 13.7. The Balaban J connectivity index is 0.806. The molecule has 1 spiro atoms. The van der Waals surface area contributed by atoms with Crippen LogP contribution in [0.15, 0.2) is 59.9 Å². The molecule has 318 valence electrons. The SMILES string of the molecule is COc1cc2nc(C3CCC(CN4CCC5(CCN(c6cccc7c6n(C)c(=O)n7C6CCC(=O)NC6=O)CC5)C(F)(F)C4)CC3)cn2cc1NC(=O)c1cncc(C#N)c1. The van der Waals surface area contributed by atoms with Crippen molar-refractivity contribution in [2.45, 2.75) is 75.7 Å². The van der Waals surface area contributed by atoms with Crippen LogP contribution in [0.1, 0.15) is 91.4 Å². The highest BCUT2D eigenvalue weighted by molar-refractivity contribution is 6.05. The summed E-state index contributed by atoms with van der Waals surface area (Å²) in [5.74, 6) is -3.14. The van der Waals surface area contributed by atoms with Gasteiger partial charge in [-0.1, -0.05) is 6.07 Å². The van der Waals surface area contributed by atoms with Crippen molar-refractivity contribution in [2.24, 2.45) is 18.4 Å². The Bertz CT molecular complexity index is 2650. The van der Waals surface area contributed by atoms with E-state index in [0.29, 0.717) is 79.5 Å². The van der Waals surface area contributed by atoms with Crippen LogP contribution in [0.5, 0.6) is 5.75 Å². The van der Waals surface area contributed by atoms with E-state index in [2.05, 4.69) is 20.5 Å². The minimum Gasteiger partial charge on any atom is -0.494 e. The van der Waals surface area contributed by atoms with Gasteiger partial charge in [-0.15, -0.1) is 0 Å². The predicted octanol–water partition coefficient (Wildman–Crippen LogP) is 5.39. The maximum Gasteiger partial charge on any atom is 0.329 e. The third kappa shape index (κ3) is 7.30. The van der Waals surface area contributed by atoms with Crippen LogP contribution in [-0.4, -0.2) is 91.9 Å². The van der Waals surface area contributed by atoms with E-state index in [0.717, 1.165) is 37.1 Å². The average molecular weight is 835 g/mol. The number of methoxy groups -OCH3 is 1. The molecule has 0 radical (unpaired) electrons. The fraction of sp³-hybridized carbons (Fsp3) is 0.477. The monoisotopic (exact) mass is 834 g/mol. The second-order valence-corrected chi connectivity index (χ2v) is 17.2. The van der Waals surface area contributed by atoms with Crippen molar-refractivity contribution in [1.29, 1.82) is 5.26 Å². The normalized spacial score (nSPS) is 22.9. The Hall–Kier alpha value is -6.15. The zero-order chi connectivity index (χ0) is 42.6. The highest BCUT2D eigenvalue weighted by atomic mass is 19.3. The number of pyridine rings is 2. The lowest BCUT2D eigenvalue weighted by Crippen LogP contribution is -2.59. The highest BCUT2D eigenvalue weighted by Crippen LogP contribution is 2.52. The number of nitrogens with zero attached hydrogens (tertiary/aromatic N) is 8.